The summed E-state index contributed by atoms with van der Waals surface area (Å²) in [6.07, 6.45) is 1.28. The number of ether oxygens (including phenoxy) is 1. The fraction of sp³-hybridized carbons (Fsp3) is 0.100. The Balaban J connectivity index is 2.40. The normalized spacial score (nSPS) is 10.2. The molecule has 0 unspecified atom stereocenters. The third-order valence-electron chi connectivity index (χ3n) is 2.03. The number of esters is 1. The molecular weight excluding hydrogens is 227 g/mol. The van der Waals surface area contributed by atoms with Gasteiger partial charge in [-0.05, 0) is 18.2 Å². The summed E-state index contributed by atoms with van der Waals surface area (Å²) in [6, 6.07) is 3.92. The highest BCUT2D eigenvalue weighted by molar-refractivity contribution is 5.84. The van der Waals surface area contributed by atoms with Gasteiger partial charge in [0.25, 0.3) is 5.82 Å². The number of halogens is 1. The van der Waals surface area contributed by atoms with Gasteiger partial charge >= 0.3 is 5.97 Å². The second kappa shape index (κ2) is 4.20. The molecule has 1 aromatic heterocycles. The molecule has 0 saturated carbocycles. The molecule has 0 spiro atoms. The van der Waals surface area contributed by atoms with Crippen LogP contribution >= 0.6 is 0 Å². The molecule has 0 radical (unpaired) electrons. The number of rotatable bonds is 2. The number of benzene rings is 1. The van der Waals surface area contributed by atoms with E-state index < -0.39 is 11.8 Å². The second-order valence-corrected chi connectivity index (χ2v) is 3.25. The van der Waals surface area contributed by atoms with E-state index in [1.54, 1.807) is 0 Å². The molecule has 0 aliphatic carbocycles. The molecule has 1 heterocycles. The smallest absolute Gasteiger partial charge is 0.377 e. The van der Waals surface area contributed by atoms with Gasteiger partial charge in [0.2, 0.25) is 0 Å². The topological polar surface area (TPSA) is 83.0 Å². The van der Waals surface area contributed by atoms with Crippen molar-refractivity contribution in [2.24, 2.45) is 0 Å². The Morgan fingerprint density at radius 1 is 1.47 bits per heavy atom. The monoisotopic (exact) mass is 236 g/mol. The highest BCUT2D eigenvalue weighted by atomic mass is 19.1. The zero-order valence-corrected chi connectivity index (χ0v) is 8.92. The fourth-order valence-electron chi connectivity index (χ4n) is 1.30. The summed E-state index contributed by atoms with van der Waals surface area (Å²) in [5.41, 5.74) is 6.14. The van der Waals surface area contributed by atoms with Crippen molar-refractivity contribution < 1.29 is 13.9 Å². The number of nitrogens with zero attached hydrogens (tertiary/aromatic N) is 3. The summed E-state index contributed by atoms with van der Waals surface area (Å²) in [7, 11) is 1.23. The number of methoxy groups -OCH3 is 1. The lowest BCUT2D eigenvalue weighted by molar-refractivity contribution is 0.0587. The van der Waals surface area contributed by atoms with Crippen molar-refractivity contribution in [2.75, 3.05) is 12.8 Å². The van der Waals surface area contributed by atoms with Crippen LogP contribution in [0.3, 0.4) is 0 Å². The Morgan fingerprint density at radius 2 is 2.24 bits per heavy atom. The maximum Gasteiger partial charge on any atom is 0.377 e. The first kappa shape index (κ1) is 11.1. The number of hydrogen-bond acceptors (Lipinski definition) is 5. The summed E-state index contributed by atoms with van der Waals surface area (Å²) in [6.45, 7) is 0. The Labute approximate surface area is 95.8 Å². The highest BCUT2D eigenvalue weighted by Crippen LogP contribution is 2.14. The average molecular weight is 236 g/mol. The van der Waals surface area contributed by atoms with E-state index in [9.17, 15) is 9.18 Å². The van der Waals surface area contributed by atoms with E-state index in [0.29, 0.717) is 5.69 Å². The van der Waals surface area contributed by atoms with Crippen molar-refractivity contribution in [3.63, 3.8) is 0 Å². The molecule has 17 heavy (non-hydrogen) atoms. The lowest BCUT2D eigenvalue weighted by Gasteiger charge is -2.01. The maximum atomic E-state index is 13.1. The number of anilines is 1. The molecule has 0 saturated heterocycles. The Kier molecular flexibility index (Phi) is 2.73. The number of carbonyl (C=O) groups excluding carboxylic acids is 1. The predicted octanol–water partition coefficient (Wildman–Crippen LogP) is 0.775. The molecule has 88 valence electrons. The van der Waals surface area contributed by atoms with Crippen molar-refractivity contribution in [3.8, 4) is 5.69 Å². The summed E-state index contributed by atoms with van der Waals surface area (Å²) in [4.78, 5) is 14.9. The quantitative estimate of drug-likeness (QED) is 0.615. The molecule has 7 heteroatoms. The van der Waals surface area contributed by atoms with Crippen LogP contribution < -0.4 is 5.73 Å². The molecule has 0 bridgehead atoms. The number of hydrogen-bond donors (Lipinski definition) is 1. The van der Waals surface area contributed by atoms with Crippen molar-refractivity contribution >= 4 is 11.7 Å². The van der Waals surface area contributed by atoms with Crippen molar-refractivity contribution in [1.82, 2.24) is 14.8 Å². The van der Waals surface area contributed by atoms with Gasteiger partial charge in [-0.3, -0.25) is 0 Å². The maximum absolute atomic E-state index is 13.1. The SMILES string of the molecule is COC(=O)c1ncn(-c2cc(N)cc(F)c2)n1. The average Bonchev–Trinajstić information content (AvgIpc) is 2.76. The van der Waals surface area contributed by atoms with Gasteiger partial charge < -0.3 is 10.5 Å². The second-order valence-electron chi connectivity index (χ2n) is 3.25. The van der Waals surface area contributed by atoms with Crippen molar-refractivity contribution in [1.29, 1.82) is 0 Å². The third kappa shape index (κ3) is 2.22. The van der Waals surface area contributed by atoms with E-state index in [1.807, 2.05) is 0 Å². The third-order valence-corrected chi connectivity index (χ3v) is 2.03. The Bertz CT molecular complexity index is 547. The van der Waals surface area contributed by atoms with Crippen LogP contribution in [0.25, 0.3) is 5.69 Å². The van der Waals surface area contributed by atoms with Crippen LogP contribution in [-0.2, 0) is 4.74 Å². The number of nitrogens with two attached hydrogens (primary N) is 1. The zero-order chi connectivity index (χ0) is 12.4. The molecule has 0 aliphatic heterocycles. The minimum Gasteiger partial charge on any atom is -0.463 e. The van der Waals surface area contributed by atoms with E-state index in [1.165, 1.54) is 36.3 Å². The van der Waals surface area contributed by atoms with Gasteiger partial charge in [0.05, 0.1) is 12.8 Å². The molecule has 1 aromatic carbocycles. The molecule has 6 nitrogen and oxygen atoms in total. The van der Waals surface area contributed by atoms with Crippen LogP contribution in [0.15, 0.2) is 24.5 Å². The first-order valence-electron chi connectivity index (χ1n) is 4.66. The summed E-state index contributed by atoms with van der Waals surface area (Å²) in [5, 5.41) is 3.84. The van der Waals surface area contributed by atoms with Crippen LogP contribution in [0, 0.1) is 5.82 Å². The Morgan fingerprint density at radius 3 is 2.88 bits per heavy atom. The Hall–Kier alpha value is -2.44. The van der Waals surface area contributed by atoms with Gasteiger partial charge in [0.1, 0.15) is 12.1 Å². The van der Waals surface area contributed by atoms with Gasteiger partial charge in [-0.2, -0.15) is 0 Å². The number of carbonyl (C=O) groups is 1. The standard InChI is InChI=1S/C10H9FN4O2/c1-17-10(16)9-13-5-15(14-9)8-3-6(11)2-7(12)4-8/h2-5H,12H2,1H3. The summed E-state index contributed by atoms with van der Waals surface area (Å²) >= 11 is 0. The van der Waals surface area contributed by atoms with Crippen LogP contribution in [-0.4, -0.2) is 27.8 Å². The van der Waals surface area contributed by atoms with Gasteiger partial charge in [-0.25, -0.2) is 18.9 Å². The van der Waals surface area contributed by atoms with Gasteiger partial charge in [0.15, 0.2) is 0 Å². The molecule has 0 atom stereocenters. The lowest BCUT2D eigenvalue weighted by Crippen LogP contribution is -2.05. The minimum absolute atomic E-state index is 0.102. The molecule has 0 aliphatic rings. The largest absolute Gasteiger partial charge is 0.463 e. The van der Waals surface area contributed by atoms with Crippen LogP contribution in [0.1, 0.15) is 10.6 Å². The first-order valence-corrected chi connectivity index (χ1v) is 4.66. The van der Waals surface area contributed by atoms with Crippen molar-refractivity contribution in [3.05, 3.63) is 36.2 Å². The van der Waals surface area contributed by atoms with Gasteiger partial charge in [-0.1, -0.05) is 0 Å². The number of nitrogen functional groups attached to an aromatic ring is 1. The van der Waals surface area contributed by atoms with E-state index in [4.69, 9.17) is 5.73 Å². The van der Waals surface area contributed by atoms with Crippen molar-refractivity contribution in [2.45, 2.75) is 0 Å². The van der Waals surface area contributed by atoms with E-state index in [0.717, 1.165) is 0 Å². The van der Waals surface area contributed by atoms with Crippen LogP contribution in [0.5, 0.6) is 0 Å². The van der Waals surface area contributed by atoms with E-state index in [2.05, 4.69) is 14.8 Å². The van der Waals surface area contributed by atoms with Crippen LogP contribution in [0.4, 0.5) is 10.1 Å². The summed E-state index contributed by atoms with van der Waals surface area (Å²) < 4.78 is 18.8. The van der Waals surface area contributed by atoms with Gasteiger partial charge in [0, 0.05) is 5.69 Å². The summed E-state index contributed by atoms with van der Waals surface area (Å²) in [5.74, 6) is -1.25. The fourth-order valence-corrected chi connectivity index (χ4v) is 1.30. The highest BCUT2D eigenvalue weighted by Gasteiger charge is 2.12. The molecular formula is C10H9FN4O2. The van der Waals surface area contributed by atoms with Gasteiger partial charge in [-0.15, -0.1) is 5.10 Å². The predicted molar refractivity (Wildman–Crippen MR) is 57.1 cm³/mol. The molecule has 2 N–H and O–H groups in total. The number of aromatic nitrogens is 3. The lowest BCUT2D eigenvalue weighted by atomic mass is 10.3. The van der Waals surface area contributed by atoms with Crippen LogP contribution in [0.2, 0.25) is 0 Å². The molecule has 0 fully saturated rings. The molecule has 2 aromatic rings. The van der Waals surface area contributed by atoms with E-state index in [-0.39, 0.29) is 11.5 Å². The first-order chi connectivity index (χ1) is 8.10. The zero-order valence-electron chi connectivity index (χ0n) is 8.92. The van der Waals surface area contributed by atoms with E-state index >= 15 is 0 Å². The molecule has 2 rings (SSSR count). The minimum atomic E-state index is -0.659. The molecule has 0 amide bonds.